The van der Waals surface area contributed by atoms with Gasteiger partial charge in [-0.1, -0.05) is 6.07 Å². The van der Waals surface area contributed by atoms with Gasteiger partial charge in [-0.2, -0.15) is 0 Å². The number of carbonyl (C=O) groups is 1. The summed E-state index contributed by atoms with van der Waals surface area (Å²) < 4.78 is 5.90. The molecule has 0 spiro atoms. The van der Waals surface area contributed by atoms with E-state index in [4.69, 9.17) is 4.74 Å². The van der Waals surface area contributed by atoms with E-state index in [0.717, 1.165) is 44.1 Å². The van der Waals surface area contributed by atoms with Crippen LogP contribution in [-0.4, -0.2) is 89.3 Å². The first kappa shape index (κ1) is 23.4. The van der Waals surface area contributed by atoms with Crippen molar-refractivity contribution in [2.75, 3.05) is 57.8 Å². The van der Waals surface area contributed by atoms with E-state index >= 15 is 0 Å². The number of carbonyl (C=O) groups excluding carboxylic acids is 1. The van der Waals surface area contributed by atoms with Crippen LogP contribution in [0.4, 0.5) is 5.82 Å². The van der Waals surface area contributed by atoms with Crippen molar-refractivity contribution in [1.82, 2.24) is 19.8 Å². The number of likely N-dealkylation sites (N-methyl/N-ethyl adjacent to an activating group) is 1. The smallest absolute Gasteiger partial charge is 0.253 e. The molecule has 1 N–H and O–H groups in total. The molecule has 0 aliphatic carbocycles. The topological polar surface area (TPSA) is 82.0 Å². The molecule has 1 aromatic heterocycles. The number of hydrogen-bond acceptors (Lipinski definition) is 7. The van der Waals surface area contributed by atoms with Gasteiger partial charge in [0.15, 0.2) is 0 Å². The van der Waals surface area contributed by atoms with Gasteiger partial charge in [0.1, 0.15) is 24.5 Å². The molecule has 0 radical (unpaired) electrons. The Hall–Kier alpha value is -2.71. The van der Waals surface area contributed by atoms with Crippen LogP contribution in [0, 0.1) is 6.92 Å². The van der Waals surface area contributed by atoms with E-state index in [2.05, 4.69) is 19.8 Å². The summed E-state index contributed by atoms with van der Waals surface area (Å²) in [5.41, 5.74) is 0.466. The highest BCUT2D eigenvalue weighted by Gasteiger charge is 2.36. The number of aliphatic hydroxyl groups is 1. The zero-order valence-corrected chi connectivity index (χ0v) is 19.7. The average Bonchev–Trinajstić information content (AvgIpc) is 3.32. The van der Waals surface area contributed by atoms with Crippen LogP contribution >= 0.6 is 0 Å². The number of rotatable bonds is 8. The maximum Gasteiger partial charge on any atom is 0.253 e. The Kier molecular flexibility index (Phi) is 7.45. The average molecular weight is 454 g/mol. The summed E-state index contributed by atoms with van der Waals surface area (Å²) in [5.74, 6) is 1.40. The third kappa shape index (κ3) is 6.21. The van der Waals surface area contributed by atoms with Gasteiger partial charge < -0.3 is 19.6 Å². The molecule has 178 valence electrons. The molecule has 2 fully saturated rings. The quantitative estimate of drug-likeness (QED) is 0.657. The number of ether oxygens (including phenoxy) is 1. The van der Waals surface area contributed by atoms with Crippen molar-refractivity contribution in [1.29, 1.82) is 0 Å². The monoisotopic (exact) mass is 453 g/mol. The summed E-state index contributed by atoms with van der Waals surface area (Å²) in [5, 5.41) is 11.3. The molecule has 1 amide bonds. The second kappa shape index (κ2) is 10.5. The summed E-state index contributed by atoms with van der Waals surface area (Å²) >= 11 is 0. The Bertz CT molecular complexity index is 949. The first-order valence-electron chi connectivity index (χ1n) is 11.9. The van der Waals surface area contributed by atoms with Crippen LogP contribution in [-0.2, 0) is 0 Å². The second-order valence-electron chi connectivity index (χ2n) is 9.35. The molecular formula is C25H35N5O3. The molecule has 1 atom stereocenters. The van der Waals surface area contributed by atoms with Crippen LogP contribution in [0.5, 0.6) is 5.75 Å². The van der Waals surface area contributed by atoms with Gasteiger partial charge in [0.25, 0.3) is 5.91 Å². The van der Waals surface area contributed by atoms with E-state index in [9.17, 15) is 9.90 Å². The van der Waals surface area contributed by atoms with Crippen LogP contribution in [0.25, 0.3) is 0 Å². The Morgan fingerprint density at radius 2 is 2.00 bits per heavy atom. The van der Waals surface area contributed by atoms with E-state index in [1.165, 1.54) is 12.8 Å². The molecule has 0 unspecified atom stereocenters. The number of aromatic nitrogens is 2. The number of piperidine rings is 1. The molecule has 2 saturated heterocycles. The van der Waals surface area contributed by atoms with Crippen molar-refractivity contribution in [3.8, 4) is 5.75 Å². The van der Waals surface area contributed by atoms with Crippen LogP contribution < -0.4 is 9.64 Å². The number of likely N-dealkylation sites (tertiary alicyclic amines) is 1. The predicted octanol–water partition coefficient (Wildman–Crippen LogP) is 2.36. The lowest BCUT2D eigenvalue weighted by molar-refractivity contribution is -0.000146. The van der Waals surface area contributed by atoms with Gasteiger partial charge in [0.2, 0.25) is 0 Å². The van der Waals surface area contributed by atoms with Crippen LogP contribution in [0.1, 0.15) is 41.7 Å². The molecule has 2 aliphatic heterocycles. The van der Waals surface area contributed by atoms with Gasteiger partial charge in [-0.15, -0.1) is 0 Å². The van der Waals surface area contributed by atoms with Crippen LogP contribution in [0.15, 0.2) is 36.7 Å². The van der Waals surface area contributed by atoms with Crippen molar-refractivity contribution in [3.63, 3.8) is 0 Å². The summed E-state index contributed by atoms with van der Waals surface area (Å²) in [6.45, 7) is 7.26. The number of β-amino-alcohol motifs (C(OH)–C–C–N with tert-alkyl or cyclic N) is 1. The lowest BCUT2D eigenvalue weighted by Crippen LogP contribution is -2.54. The number of aryl methyl sites for hydroxylation is 1. The highest BCUT2D eigenvalue weighted by atomic mass is 16.5. The molecule has 1 aromatic carbocycles. The van der Waals surface area contributed by atoms with E-state index in [-0.39, 0.29) is 12.5 Å². The first-order chi connectivity index (χ1) is 15.9. The molecular weight excluding hydrogens is 418 g/mol. The highest BCUT2D eigenvalue weighted by molar-refractivity contribution is 5.94. The number of amides is 1. The first-order valence-corrected chi connectivity index (χ1v) is 11.9. The van der Waals surface area contributed by atoms with Crippen molar-refractivity contribution >= 4 is 11.7 Å². The summed E-state index contributed by atoms with van der Waals surface area (Å²) in [6.07, 6.45) is 5.55. The Morgan fingerprint density at radius 1 is 1.18 bits per heavy atom. The number of hydrogen-bond donors (Lipinski definition) is 1. The van der Waals surface area contributed by atoms with E-state index in [0.29, 0.717) is 30.9 Å². The number of benzene rings is 1. The summed E-state index contributed by atoms with van der Waals surface area (Å²) in [4.78, 5) is 27.7. The summed E-state index contributed by atoms with van der Waals surface area (Å²) in [7, 11) is 1.75. The molecule has 3 heterocycles. The fourth-order valence-electron chi connectivity index (χ4n) is 4.80. The van der Waals surface area contributed by atoms with E-state index in [1.54, 1.807) is 30.4 Å². The maximum absolute atomic E-state index is 13.1. The Balaban J connectivity index is 1.34. The minimum absolute atomic E-state index is 0.122. The van der Waals surface area contributed by atoms with Gasteiger partial charge in [-0.3, -0.25) is 9.69 Å². The van der Waals surface area contributed by atoms with Crippen molar-refractivity contribution < 1.29 is 14.6 Å². The highest BCUT2D eigenvalue weighted by Crippen LogP contribution is 2.26. The van der Waals surface area contributed by atoms with Gasteiger partial charge >= 0.3 is 0 Å². The normalized spacial score (nSPS) is 21.2. The SMILES string of the molecule is Cc1cc(N2CCC[C@](O)(CN(C)C(=O)c3cccc(OCCN4CCCC4)c3)C2)ncn1. The molecule has 8 nitrogen and oxygen atoms in total. The molecule has 4 rings (SSSR count). The van der Waals surface area contributed by atoms with Crippen LogP contribution in [0.2, 0.25) is 0 Å². The van der Waals surface area contributed by atoms with Crippen molar-refractivity contribution in [2.45, 2.75) is 38.2 Å². The molecule has 8 heteroatoms. The number of anilines is 1. The van der Waals surface area contributed by atoms with E-state index in [1.807, 2.05) is 25.1 Å². The molecule has 2 aromatic rings. The third-order valence-electron chi connectivity index (χ3n) is 6.50. The van der Waals surface area contributed by atoms with Crippen molar-refractivity contribution in [2.24, 2.45) is 0 Å². The zero-order chi connectivity index (χ0) is 23.3. The van der Waals surface area contributed by atoms with Gasteiger partial charge in [0.05, 0.1) is 12.1 Å². The fourth-order valence-corrected chi connectivity index (χ4v) is 4.80. The lowest BCUT2D eigenvalue weighted by Gasteiger charge is -2.41. The summed E-state index contributed by atoms with van der Waals surface area (Å²) in [6, 6.07) is 9.25. The largest absolute Gasteiger partial charge is 0.492 e. The van der Waals surface area contributed by atoms with Gasteiger partial charge in [-0.05, 0) is 63.9 Å². The van der Waals surface area contributed by atoms with Crippen molar-refractivity contribution in [3.05, 3.63) is 47.9 Å². The van der Waals surface area contributed by atoms with Crippen LogP contribution in [0.3, 0.4) is 0 Å². The Morgan fingerprint density at radius 3 is 2.79 bits per heavy atom. The minimum atomic E-state index is -0.995. The molecule has 0 bridgehead atoms. The van der Waals surface area contributed by atoms with Gasteiger partial charge in [-0.25, -0.2) is 9.97 Å². The third-order valence-corrected chi connectivity index (χ3v) is 6.50. The standard InChI is InChI=1S/C25H35N5O3/c1-20-15-23(27-19-26-20)30-12-6-9-25(32,18-30)17-28(2)24(31)21-7-5-8-22(16-21)33-14-13-29-10-3-4-11-29/h5,7-8,15-16,19,32H,3-4,6,9-14,17-18H2,1-2H3/t25-/m0/s1. The molecule has 0 saturated carbocycles. The second-order valence-corrected chi connectivity index (χ2v) is 9.35. The predicted molar refractivity (Wildman–Crippen MR) is 128 cm³/mol. The molecule has 33 heavy (non-hydrogen) atoms. The number of nitrogens with zero attached hydrogens (tertiary/aromatic N) is 5. The maximum atomic E-state index is 13.1. The minimum Gasteiger partial charge on any atom is -0.492 e. The lowest BCUT2D eigenvalue weighted by atomic mass is 9.92. The van der Waals surface area contributed by atoms with E-state index < -0.39 is 5.60 Å². The van der Waals surface area contributed by atoms with Gasteiger partial charge in [0, 0.05) is 44.0 Å². The zero-order valence-electron chi connectivity index (χ0n) is 19.7. The molecule has 2 aliphatic rings. The fraction of sp³-hybridized carbons (Fsp3) is 0.560. The Labute approximate surface area is 196 Å².